The molecule has 1 aliphatic rings. The third kappa shape index (κ3) is 5.18. The largest absolute Gasteiger partial charge is 0.496 e. The number of carbonyl (C=O) groups is 1. The summed E-state index contributed by atoms with van der Waals surface area (Å²) in [7, 11) is 1.68. The smallest absolute Gasteiger partial charge is 0.220 e. The number of halogens is 1. The monoisotopic (exact) mass is 326 g/mol. The number of hydrogen-bond donors (Lipinski definition) is 2. The highest BCUT2D eigenvalue weighted by molar-refractivity contribution is 5.85. The molecule has 5 heteroatoms. The summed E-state index contributed by atoms with van der Waals surface area (Å²) in [5, 5.41) is 3.00. The lowest BCUT2D eigenvalue weighted by molar-refractivity contribution is -0.122. The highest BCUT2D eigenvalue weighted by Crippen LogP contribution is 2.26. The van der Waals surface area contributed by atoms with E-state index in [1.807, 2.05) is 19.1 Å². The van der Waals surface area contributed by atoms with E-state index in [1.165, 1.54) is 5.56 Å². The Labute approximate surface area is 139 Å². The number of hydrogen-bond acceptors (Lipinski definition) is 3. The summed E-state index contributed by atoms with van der Waals surface area (Å²) in [4.78, 5) is 11.9. The average Bonchev–Trinajstić information content (AvgIpc) is 2.86. The lowest BCUT2D eigenvalue weighted by atomic mass is 10.00. The lowest BCUT2D eigenvalue weighted by Crippen LogP contribution is -2.32. The van der Waals surface area contributed by atoms with Crippen molar-refractivity contribution in [2.75, 3.05) is 13.7 Å². The molecule has 22 heavy (non-hydrogen) atoms. The molecule has 1 fully saturated rings. The van der Waals surface area contributed by atoms with Crippen molar-refractivity contribution in [3.05, 3.63) is 29.3 Å². The number of carbonyl (C=O) groups excluding carboxylic acids is 1. The summed E-state index contributed by atoms with van der Waals surface area (Å²) in [5.74, 6) is 1.39. The molecule has 0 spiro atoms. The number of amides is 1. The zero-order valence-corrected chi connectivity index (χ0v) is 14.2. The second-order valence-corrected chi connectivity index (χ2v) is 5.96. The predicted octanol–water partition coefficient (Wildman–Crippen LogP) is 2.60. The van der Waals surface area contributed by atoms with Crippen molar-refractivity contribution in [3.63, 3.8) is 0 Å². The van der Waals surface area contributed by atoms with Crippen LogP contribution in [-0.2, 0) is 11.2 Å². The number of nitrogens with two attached hydrogens (primary N) is 1. The Morgan fingerprint density at radius 3 is 2.82 bits per heavy atom. The van der Waals surface area contributed by atoms with Gasteiger partial charge in [-0.3, -0.25) is 4.79 Å². The molecule has 0 aromatic heterocycles. The minimum atomic E-state index is 0. The van der Waals surface area contributed by atoms with Gasteiger partial charge in [0, 0.05) is 19.0 Å². The van der Waals surface area contributed by atoms with E-state index in [-0.39, 0.29) is 24.4 Å². The number of benzene rings is 1. The topological polar surface area (TPSA) is 64.3 Å². The molecular formula is C17H27ClN2O2. The van der Waals surface area contributed by atoms with Gasteiger partial charge in [-0.2, -0.15) is 0 Å². The van der Waals surface area contributed by atoms with Crippen LogP contribution in [0, 0.1) is 12.8 Å². The molecule has 3 N–H and O–H groups in total. The number of nitrogens with one attached hydrogen (secondary N) is 1. The zero-order valence-electron chi connectivity index (χ0n) is 13.4. The van der Waals surface area contributed by atoms with Crippen LogP contribution in [0.3, 0.4) is 0 Å². The van der Waals surface area contributed by atoms with Crippen molar-refractivity contribution in [1.29, 1.82) is 0 Å². The number of aryl methyl sites for hydroxylation is 1. The molecule has 2 rings (SSSR count). The summed E-state index contributed by atoms with van der Waals surface area (Å²) < 4.78 is 5.31. The van der Waals surface area contributed by atoms with Gasteiger partial charge < -0.3 is 15.8 Å². The molecule has 0 aliphatic heterocycles. The first-order valence-corrected chi connectivity index (χ1v) is 7.76. The average molecular weight is 327 g/mol. The van der Waals surface area contributed by atoms with Crippen LogP contribution in [0.15, 0.2) is 18.2 Å². The summed E-state index contributed by atoms with van der Waals surface area (Å²) >= 11 is 0. The Morgan fingerprint density at radius 1 is 1.41 bits per heavy atom. The Morgan fingerprint density at radius 2 is 2.18 bits per heavy atom. The molecule has 1 aromatic carbocycles. The van der Waals surface area contributed by atoms with Crippen LogP contribution < -0.4 is 15.8 Å². The molecule has 1 amide bonds. The number of rotatable bonds is 6. The van der Waals surface area contributed by atoms with Gasteiger partial charge in [-0.25, -0.2) is 0 Å². The maximum absolute atomic E-state index is 11.9. The maximum atomic E-state index is 11.9. The van der Waals surface area contributed by atoms with Crippen LogP contribution in [0.2, 0.25) is 0 Å². The second-order valence-electron chi connectivity index (χ2n) is 5.96. The fourth-order valence-corrected chi connectivity index (χ4v) is 3.00. The lowest BCUT2D eigenvalue weighted by Gasteiger charge is -2.15. The molecule has 1 aromatic rings. The van der Waals surface area contributed by atoms with Gasteiger partial charge >= 0.3 is 0 Å². The van der Waals surface area contributed by atoms with E-state index in [0.717, 1.165) is 37.0 Å². The van der Waals surface area contributed by atoms with Gasteiger partial charge in [0.25, 0.3) is 0 Å². The number of ether oxygens (including phenoxy) is 1. The first kappa shape index (κ1) is 18.8. The minimum Gasteiger partial charge on any atom is -0.496 e. The van der Waals surface area contributed by atoms with E-state index in [4.69, 9.17) is 10.5 Å². The van der Waals surface area contributed by atoms with Gasteiger partial charge in [0.15, 0.2) is 0 Å². The number of methoxy groups -OCH3 is 1. The van der Waals surface area contributed by atoms with E-state index in [1.54, 1.807) is 7.11 Å². The van der Waals surface area contributed by atoms with E-state index in [0.29, 0.717) is 18.9 Å². The zero-order chi connectivity index (χ0) is 15.2. The highest BCUT2D eigenvalue weighted by atomic mass is 35.5. The van der Waals surface area contributed by atoms with Crippen molar-refractivity contribution < 1.29 is 9.53 Å². The van der Waals surface area contributed by atoms with Gasteiger partial charge in [0.1, 0.15) is 5.75 Å². The first-order chi connectivity index (χ1) is 10.1. The summed E-state index contributed by atoms with van der Waals surface area (Å²) in [6.45, 7) is 2.68. The SMILES string of the molecule is COc1cc(CCNC(=O)C[C@@H]2CCC[C@H]2N)ccc1C.Cl. The Hall–Kier alpha value is -1.26. The first-order valence-electron chi connectivity index (χ1n) is 7.76. The molecule has 4 nitrogen and oxygen atoms in total. The molecular weight excluding hydrogens is 300 g/mol. The highest BCUT2D eigenvalue weighted by Gasteiger charge is 2.25. The molecule has 0 radical (unpaired) electrons. The van der Waals surface area contributed by atoms with Crippen molar-refractivity contribution >= 4 is 18.3 Å². The fraction of sp³-hybridized carbons (Fsp3) is 0.588. The standard InChI is InChI=1S/C17H26N2O2.ClH/c1-12-6-7-13(10-16(12)21-2)8-9-19-17(20)11-14-4-3-5-15(14)18;/h6-7,10,14-15H,3-5,8-9,11,18H2,1-2H3,(H,19,20);1H/t14-,15+;/m0./s1. The van der Waals surface area contributed by atoms with Crippen molar-refractivity contribution in [3.8, 4) is 5.75 Å². The van der Waals surface area contributed by atoms with Crippen LogP contribution in [0.25, 0.3) is 0 Å². The minimum absolute atomic E-state index is 0. The molecule has 1 aliphatic carbocycles. The van der Waals surface area contributed by atoms with E-state index in [2.05, 4.69) is 11.4 Å². The van der Waals surface area contributed by atoms with Gasteiger partial charge in [0.2, 0.25) is 5.91 Å². The van der Waals surface area contributed by atoms with Crippen molar-refractivity contribution in [2.45, 2.75) is 45.1 Å². The fourth-order valence-electron chi connectivity index (χ4n) is 3.00. The Kier molecular flexibility index (Phi) is 7.69. The van der Waals surface area contributed by atoms with Crippen molar-refractivity contribution in [2.24, 2.45) is 11.7 Å². The molecule has 2 atom stereocenters. The molecule has 1 saturated carbocycles. The van der Waals surface area contributed by atoms with E-state index >= 15 is 0 Å². The second kappa shape index (κ2) is 9.01. The normalized spacial score (nSPS) is 20.3. The van der Waals surface area contributed by atoms with Crippen molar-refractivity contribution in [1.82, 2.24) is 5.32 Å². The van der Waals surface area contributed by atoms with Crippen LogP contribution in [-0.4, -0.2) is 25.6 Å². The molecule has 0 saturated heterocycles. The Bertz CT molecular complexity index is 494. The van der Waals surface area contributed by atoms with Crippen LogP contribution in [0.5, 0.6) is 5.75 Å². The van der Waals surface area contributed by atoms with E-state index in [9.17, 15) is 4.79 Å². The van der Waals surface area contributed by atoms with Gasteiger partial charge in [-0.1, -0.05) is 18.6 Å². The Balaban J connectivity index is 0.00000242. The van der Waals surface area contributed by atoms with Crippen LogP contribution in [0.4, 0.5) is 0 Å². The summed E-state index contributed by atoms with van der Waals surface area (Å²) in [6, 6.07) is 6.37. The van der Waals surface area contributed by atoms with E-state index < -0.39 is 0 Å². The molecule has 0 bridgehead atoms. The third-order valence-electron chi connectivity index (χ3n) is 4.37. The maximum Gasteiger partial charge on any atom is 0.220 e. The third-order valence-corrected chi connectivity index (χ3v) is 4.37. The van der Waals surface area contributed by atoms with Crippen LogP contribution >= 0.6 is 12.4 Å². The van der Waals surface area contributed by atoms with Gasteiger partial charge in [-0.15, -0.1) is 12.4 Å². The predicted molar refractivity (Wildman–Crippen MR) is 91.6 cm³/mol. The van der Waals surface area contributed by atoms with Gasteiger partial charge in [0.05, 0.1) is 7.11 Å². The quantitative estimate of drug-likeness (QED) is 0.844. The molecule has 0 unspecified atom stereocenters. The summed E-state index contributed by atoms with van der Waals surface area (Å²) in [5.41, 5.74) is 8.30. The molecule has 124 valence electrons. The summed E-state index contributed by atoms with van der Waals surface area (Å²) in [6.07, 6.45) is 4.69. The van der Waals surface area contributed by atoms with Gasteiger partial charge in [-0.05, 0) is 49.3 Å². The van der Waals surface area contributed by atoms with Crippen LogP contribution in [0.1, 0.15) is 36.8 Å². The molecule has 0 heterocycles.